The van der Waals surface area contributed by atoms with Crippen LogP contribution in [0.1, 0.15) is 16.0 Å². The summed E-state index contributed by atoms with van der Waals surface area (Å²) in [5, 5.41) is 13.2. The smallest absolute Gasteiger partial charge is 0.191 e. The van der Waals surface area contributed by atoms with Gasteiger partial charge in [0.1, 0.15) is 0 Å². The summed E-state index contributed by atoms with van der Waals surface area (Å²) in [4.78, 5) is 8.35. The van der Waals surface area contributed by atoms with E-state index in [9.17, 15) is 0 Å². The van der Waals surface area contributed by atoms with Crippen LogP contribution in [0.3, 0.4) is 0 Å². The molecule has 0 radical (unpaired) electrons. The van der Waals surface area contributed by atoms with Crippen LogP contribution >= 0.6 is 22.7 Å². The van der Waals surface area contributed by atoms with Gasteiger partial charge in [-0.25, -0.2) is 0 Å². The van der Waals surface area contributed by atoms with E-state index < -0.39 is 0 Å². The number of guanidine groups is 1. The third-order valence-electron chi connectivity index (χ3n) is 3.87. The Morgan fingerprint density at radius 2 is 2.27 bits per heavy atom. The van der Waals surface area contributed by atoms with Crippen LogP contribution in [0.15, 0.2) is 33.3 Å². The van der Waals surface area contributed by atoms with E-state index in [-0.39, 0.29) is 0 Å². The minimum atomic E-state index is 0.825. The van der Waals surface area contributed by atoms with Crippen LogP contribution in [0.2, 0.25) is 0 Å². The molecule has 0 saturated heterocycles. The third-order valence-corrected chi connectivity index (χ3v) is 5.63. The Labute approximate surface area is 139 Å². The molecule has 1 aliphatic rings. The molecule has 0 unspecified atom stereocenters. The topological polar surface area (TPSA) is 39.7 Å². The summed E-state index contributed by atoms with van der Waals surface area (Å²) in [6, 6.07) is 4.40. The summed E-state index contributed by atoms with van der Waals surface area (Å²) in [5.74, 6) is 0.874. The Kier molecular flexibility index (Phi) is 5.48. The van der Waals surface area contributed by atoms with Crippen molar-refractivity contribution in [2.75, 3.05) is 26.7 Å². The van der Waals surface area contributed by atoms with Crippen LogP contribution in [0, 0.1) is 0 Å². The number of fused-ring (bicyclic) bond motifs is 1. The van der Waals surface area contributed by atoms with Crippen molar-refractivity contribution in [2.24, 2.45) is 4.99 Å². The minimum Gasteiger partial charge on any atom is -0.355 e. The Balaban J connectivity index is 1.38. The maximum absolute atomic E-state index is 4.28. The summed E-state index contributed by atoms with van der Waals surface area (Å²) < 4.78 is 0. The Morgan fingerprint density at radius 3 is 3.09 bits per heavy atom. The lowest BCUT2D eigenvalue weighted by Gasteiger charge is -2.27. The zero-order valence-electron chi connectivity index (χ0n) is 12.8. The van der Waals surface area contributed by atoms with Crippen LogP contribution in [-0.2, 0) is 19.5 Å². The first-order chi connectivity index (χ1) is 10.8. The molecule has 2 N–H and O–H groups in total. The van der Waals surface area contributed by atoms with Gasteiger partial charge in [0.2, 0.25) is 0 Å². The van der Waals surface area contributed by atoms with E-state index in [0.29, 0.717) is 0 Å². The second-order valence-corrected chi connectivity index (χ2v) is 7.16. The predicted octanol–water partition coefficient (Wildman–Crippen LogP) is 2.53. The fourth-order valence-corrected chi connectivity index (χ4v) is 4.19. The van der Waals surface area contributed by atoms with Crippen LogP contribution < -0.4 is 10.6 Å². The van der Waals surface area contributed by atoms with Gasteiger partial charge >= 0.3 is 0 Å². The molecular formula is C16H22N4S2. The average Bonchev–Trinajstić information content (AvgIpc) is 3.21. The quantitative estimate of drug-likeness (QED) is 0.652. The summed E-state index contributed by atoms with van der Waals surface area (Å²) in [6.07, 6.45) is 1.19. The van der Waals surface area contributed by atoms with Gasteiger partial charge in [-0.15, -0.1) is 11.3 Å². The van der Waals surface area contributed by atoms with E-state index in [1.54, 1.807) is 16.2 Å². The molecule has 118 valence electrons. The number of thiophene rings is 2. The van der Waals surface area contributed by atoms with Crippen molar-refractivity contribution >= 4 is 28.6 Å². The lowest BCUT2D eigenvalue weighted by atomic mass is 10.1. The molecule has 2 aromatic rings. The Morgan fingerprint density at radius 1 is 1.32 bits per heavy atom. The zero-order valence-corrected chi connectivity index (χ0v) is 14.5. The second-order valence-electron chi connectivity index (χ2n) is 5.38. The molecule has 3 rings (SSSR count). The second kappa shape index (κ2) is 7.76. The largest absolute Gasteiger partial charge is 0.355 e. The zero-order chi connectivity index (χ0) is 15.2. The third kappa shape index (κ3) is 4.09. The fraction of sp³-hybridized carbons (Fsp3) is 0.438. The van der Waals surface area contributed by atoms with Gasteiger partial charge in [0.05, 0.1) is 0 Å². The van der Waals surface area contributed by atoms with Gasteiger partial charge in [-0.3, -0.25) is 9.89 Å². The Bertz CT molecular complexity index is 603. The SMILES string of the molecule is CN=C(NCCN1CCc2sccc2C1)NCc1ccsc1. The summed E-state index contributed by atoms with van der Waals surface area (Å²) in [7, 11) is 1.82. The summed E-state index contributed by atoms with van der Waals surface area (Å²) in [5.41, 5.74) is 2.81. The first-order valence-corrected chi connectivity index (χ1v) is 9.40. The normalized spacial score (nSPS) is 15.6. The van der Waals surface area contributed by atoms with Gasteiger partial charge in [-0.2, -0.15) is 11.3 Å². The van der Waals surface area contributed by atoms with Gasteiger partial charge < -0.3 is 10.6 Å². The molecule has 0 fully saturated rings. The molecule has 3 heterocycles. The fourth-order valence-electron chi connectivity index (χ4n) is 2.63. The van der Waals surface area contributed by atoms with E-state index in [1.165, 1.54) is 17.5 Å². The molecule has 0 spiro atoms. The molecule has 4 nitrogen and oxygen atoms in total. The van der Waals surface area contributed by atoms with Crippen LogP contribution in [0.25, 0.3) is 0 Å². The van der Waals surface area contributed by atoms with Gasteiger partial charge in [-0.1, -0.05) is 0 Å². The maximum atomic E-state index is 4.28. The Hall–Kier alpha value is -1.37. The number of nitrogens with zero attached hydrogens (tertiary/aromatic N) is 2. The highest BCUT2D eigenvalue weighted by molar-refractivity contribution is 7.10. The molecule has 0 saturated carbocycles. The summed E-state index contributed by atoms with van der Waals surface area (Å²) >= 11 is 3.62. The molecule has 0 bridgehead atoms. The lowest BCUT2D eigenvalue weighted by Crippen LogP contribution is -2.42. The molecule has 0 aromatic carbocycles. The van der Waals surface area contributed by atoms with Crippen LogP contribution in [0.5, 0.6) is 0 Å². The maximum Gasteiger partial charge on any atom is 0.191 e. The average molecular weight is 335 g/mol. The first-order valence-electron chi connectivity index (χ1n) is 7.58. The van der Waals surface area contributed by atoms with Crippen molar-refractivity contribution in [3.05, 3.63) is 44.3 Å². The van der Waals surface area contributed by atoms with E-state index in [0.717, 1.165) is 38.7 Å². The minimum absolute atomic E-state index is 0.825. The molecule has 0 aliphatic carbocycles. The first kappa shape index (κ1) is 15.5. The molecule has 0 atom stereocenters. The number of hydrogen-bond acceptors (Lipinski definition) is 4. The van der Waals surface area contributed by atoms with Crippen molar-refractivity contribution in [3.63, 3.8) is 0 Å². The number of rotatable bonds is 5. The van der Waals surface area contributed by atoms with Crippen molar-refractivity contribution in [3.8, 4) is 0 Å². The summed E-state index contributed by atoms with van der Waals surface area (Å²) in [6.45, 7) is 5.04. The van der Waals surface area contributed by atoms with Gasteiger partial charge in [-0.05, 0) is 45.8 Å². The van der Waals surface area contributed by atoms with Crippen molar-refractivity contribution in [1.29, 1.82) is 0 Å². The predicted molar refractivity (Wildman–Crippen MR) is 95.8 cm³/mol. The van der Waals surface area contributed by atoms with Crippen LogP contribution in [-0.4, -0.2) is 37.5 Å². The lowest BCUT2D eigenvalue weighted by molar-refractivity contribution is 0.260. The highest BCUT2D eigenvalue weighted by atomic mass is 32.1. The molecule has 6 heteroatoms. The number of hydrogen-bond donors (Lipinski definition) is 2. The van der Waals surface area contributed by atoms with Crippen molar-refractivity contribution in [2.45, 2.75) is 19.5 Å². The van der Waals surface area contributed by atoms with E-state index in [1.807, 2.05) is 18.4 Å². The van der Waals surface area contributed by atoms with E-state index in [2.05, 4.69) is 48.8 Å². The van der Waals surface area contributed by atoms with E-state index in [4.69, 9.17) is 0 Å². The van der Waals surface area contributed by atoms with E-state index >= 15 is 0 Å². The van der Waals surface area contributed by atoms with Crippen molar-refractivity contribution in [1.82, 2.24) is 15.5 Å². The highest BCUT2D eigenvalue weighted by Gasteiger charge is 2.16. The molecule has 0 amide bonds. The standard InChI is InChI=1S/C16H22N4S2/c1-17-16(19-10-13-3-8-21-12-13)18-5-7-20-6-2-15-14(11-20)4-9-22-15/h3-4,8-9,12H,2,5-7,10-11H2,1H3,(H2,17,18,19). The monoisotopic (exact) mass is 334 g/mol. The van der Waals surface area contributed by atoms with Gasteiger partial charge in [0.25, 0.3) is 0 Å². The molecule has 22 heavy (non-hydrogen) atoms. The van der Waals surface area contributed by atoms with Crippen molar-refractivity contribution < 1.29 is 0 Å². The van der Waals surface area contributed by atoms with Crippen LogP contribution in [0.4, 0.5) is 0 Å². The molecule has 1 aliphatic heterocycles. The number of nitrogens with one attached hydrogen (secondary N) is 2. The molecule has 2 aromatic heterocycles. The van der Waals surface area contributed by atoms with Gasteiger partial charge in [0, 0.05) is 44.6 Å². The number of aliphatic imine (C=N–C) groups is 1. The highest BCUT2D eigenvalue weighted by Crippen LogP contribution is 2.23. The molecular weight excluding hydrogens is 312 g/mol. The van der Waals surface area contributed by atoms with Gasteiger partial charge in [0.15, 0.2) is 5.96 Å².